The molecule has 4 heteroatoms. The van der Waals surface area contributed by atoms with Crippen LogP contribution in [0.1, 0.15) is 0 Å². The molecule has 2 rings (SSSR count). The van der Waals surface area contributed by atoms with Gasteiger partial charge in [0.25, 0.3) is 0 Å². The number of imidazole rings is 1. The molecule has 0 radical (unpaired) electrons. The van der Waals surface area contributed by atoms with E-state index < -0.39 is 0 Å². The van der Waals surface area contributed by atoms with E-state index in [0.29, 0.717) is 5.95 Å². The monoisotopic (exact) mass is 175 g/mol. The highest BCUT2D eigenvalue weighted by Crippen LogP contribution is 2.14. The zero-order valence-corrected chi connectivity index (χ0v) is 7.07. The largest absolute Gasteiger partial charge is 0.374 e. The van der Waals surface area contributed by atoms with Crippen LogP contribution < -0.4 is 16.3 Å². The Hall–Kier alpha value is -1.97. The van der Waals surface area contributed by atoms with Crippen LogP contribution >= 0.6 is 0 Å². The predicted octanol–water partition coefficient (Wildman–Crippen LogP) is 0.265. The molecular formula is C9H11N4+. The number of aromatic amines is 1. The maximum absolute atomic E-state index is 5.56. The van der Waals surface area contributed by atoms with Gasteiger partial charge < -0.3 is 0 Å². The molecule has 0 atom stereocenters. The molecule has 2 aromatic rings. The van der Waals surface area contributed by atoms with Gasteiger partial charge in [-0.1, -0.05) is 30.3 Å². The first kappa shape index (κ1) is 7.67. The van der Waals surface area contributed by atoms with Crippen molar-refractivity contribution in [2.24, 2.45) is 0 Å². The molecule has 66 valence electrons. The highest BCUT2D eigenvalue weighted by atomic mass is 15.3. The van der Waals surface area contributed by atoms with Gasteiger partial charge in [-0.25, -0.2) is 4.98 Å². The molecule has 1 aromatic carbocycles. The molecule has 1 aromatic heterocycles. The molecule has 1 heterocycles. The van der Waals surface area contributed by atoms with E-state index in [9.17, 15) is 0 Å². The lowest BCUT2D eigenvalue weighted by molar-refractivity contribution is -0.621. The van der Waals surface area contributed by atoms with Gasteiger partial charge in [-0.15, -0.1) is 4.68 Å². The van der Waals surface area contributed by atoms with Gasteiger partial charge in [-0.3, -0.25) is 11.6 Å². The van der Waals surface area contributed by atoms with Crippen LogP contribution in [0.3, 0.4) is 0 Å². The highest BCUT2D eigenvalue weighted by molar-refractivity contribution is 5.58. The van der Waals surface area contributed by atoms with Crippen molar-refractivity contribution in [2.45, 2.75) is 0 Å². The highest BCUT2D eigenvalue weighted by Gasteiger charge is 2.08. The molecule has 0 aliphatic heterocycles. The Morgan fingerprint density at radius 2 is 1.85 bits per heavy atom. The van der Waals surface area contributed by atoms with E-state index >= 15 is 0 Å². The van der Waals surface area contributed by atoms with Gasteiger partial charge in [0.2, 0.25) is 0 Å². The van der Waals surface area contributed by atoms with Crippen molar-refractivity contribution in [3.8, 4) is 11.3 Å². The van der Waals surface area contributed by atoms with Crippen molar-refractivity contribution in [3.63, 3.8) is 0 Å². The molecule has 0 spiro atoms. The number of hydrogen-bond acceptors (Lipinski definition) is 2. The number of benzene rings is 1. The van der Waals surface area contributed by atoms with Crippen LogP contribution in [0.5, 0.6) is 0 Å². The molecule has 0 saturated carbocycles. The summed E-state index contributed by atoms with van der Waals surface area (Å²) in [4.78, 5) is 2.98. The Balaban J connectivity index is 2.48. The number of anilines is 1. The third-order valence-electron chi connectivity index (χ3n) is 1.89. The SMILES string of the molecule is Nc1[nH]c(-c2ccccc2)c[n+]1N. The number of aromatic nitrogens is 2. The topological polar surface area (TPSA) is 71.7 Å². The Kier molecular flexibility index (Phi) is 1.66. The minimum Gasteiger partial charge on any atom is -0.289 e. The quantitative estimate of drug-likeness (QED) is 0.430. The average molecular weight is 175 g/mol. The van der Waals surface area contributed by atoms with Gasteiger partial charge in [0.15, 0.2) is 0 Å². The fourth-order valence-electron chi connectivity index (χ4n) is 1.21. The van der Waals surface area contributed by atoms with Crippen LogP contribution in [-0.2, 0) is 0 Å². The number of H-pyrrole nitrogens is 1. The maximum Gasteiger partial charge on any atom is 0.374 e. The average Bonchev–Trinajstić information content (AvgIpc) is 2.49. The Morgan fingerprint density at radius 3 is 2.38 bits per heavy atom. The van der Waals surface area contributed by atoms with Crippen LogP contribution in [0.2, 0.25) is 0 Å². The minimum absolute atomic E-state index is 0.443. The summed E-state index contributed by atoms with van der Waals surface area (Å²) in [5.41, 5.74) is 7.55. The molecule has 13 heavy (non-hydrogen) atoms. The fourth-order valence-corrected chi connectivity index (χ4v) is 1.21. The smallest absolute Gasteiger partial charge is 0.289 e. The molecule has 0 amide bonds. The number of rotatable bonds is 1. The van der Waals surface area contributed by atoms with Crippen LogP contribution in [0, 0.1) is 0 Å². The van der Waals surface area contributed by atoms with Gasteiger partial charge in [-0.2, -0.15) is 0 Å². The molecule has 0 bridgehead atoms. The molecule has 0 saturated heterocycles. The van der Waals surface area contributed by atoms with Crippen molar-refractivity contribution in [2.75, 3.05) is 11.6 Å². The molecule has 4 nitrogen and oxygen atoms in total. The molecular weight excluding hydrogens is 164 g/mol. The van der Waals surface area contributed by atoms with E-state index in [2.05, 4.69) is 4.98 Å². The standard InChI is InChI=1S/C9H10N4/c10-9-12-8(6-13(9)11)7-4-2-1-3-5-7/h1-6H,11H2,(H2,10,12)/p+1. The maximum atomic E-state index is 5.56. The van der Waals surface area contributed by atoms with Crippen LogP contribution in [-0.4, -0.2) is 4.98 Å². The van der Waals surface area contributed by atoms with E-state index in [4.69, 9.17) is 11.6 Å². The summed E-state index contributed by atoms with van der Waals surface area (Å²) in [6.45, 7) is 0. The van der Waals surface area contributed by atoms with Gasteiger partial charge in [0, 0.05) is 5.56 Å². The second-order valence-corrected chi connectivity index (χ2v) is 2.83. The summed E-state index contributed by atoms with van der Waals surface area (Å²) >= 11 is 0. The van der Waals surface area contributed by atoms with Gasteiger partial charge >= 0.3 is 5.95 Å². The lowest BCUT2D eigenvalue weighted by atomic mass is 10.2. The second-order valence-electron chi connectivity index (χ2n) is 2.83. The van der Waals surface area contributed by atoms with Crippen molar-refractivity contribution < 1.29 is 4.68 Å². The number of nitrogen functional groups attached to an aromatic ring is 2. The zero-order chi connectivity index (χ0) is 9.26. The van der Waals surface area contributed by atoms with E-state index in [1.165, 1.54) is 4.68 Å². The summed E-state index contributed by atoms with van der Waals surface area (Å²) in [7, 11) is 0. The van der Waals surface area contributed by atoms with E-state index in [0.717, 1.165) is 11.3 Å². The molecule has 0 aliphatic carbocycles. The van der Waals surface area contributed by atoms with Gasteiger partial charge in [0.05, 0.1) is 0 Å². The predicted molar refractivity (Wildman–Crippen MR) is 51.0 cm³/mol. The first-order valence-electron chi connectivity index (χ1n) is 3.98. The van der Waals surface area contributed by atoms with Crippen molar-refractivity contribution in [1.82, 2.24) is 4.98 Å². The Morgan fingerprint density at radius 1 is 1.15 bits per heavy atom. The molecule has 0 fully saturated rings. The molecule has 0 unspecified atom stereocenters. The van der Waals surface area contributed by atoms with Crippen molar-refractivity contribution in [1.29, 1.82) is 0 Å². The first-order valence-corrected chi connectivity index (χ1v) is 3.98. The van der Waals surface area contributed by atoms with E-state index in [1.807, 2.05) is 30.3 Å². The second kappa shape index (κ2) is 2.82. The van der Waals surface area contributed by atoms with E-state index in [1.54, 1.807) is 6.20 Å². The number of nitrogens with zero attached hydrogens (tertiary/aromatic N) is 1. The summed E-state index contributed by atoms with van der Waals surface area (Å²) in [6, 6.07) is 9.88. The normalized spacial score (nSPS) is 10.2. The minimum atomic E-state index is 0.443. The van der Waals surface area contributed by atoms with E-state index in [-0.39, 0.29) is 0 Å². The number of hydrogen-bond donors (Lipinski definition) is 3. The van der Waals surface area contributed by atoms with Gasteiger partial charge in [0.1, 0.15) is 11.9 Å². The van der Waals surface area contributed by atoms with Crippen LogP contribution in [0.4, 0.5) is 5.95 Å². The molecule has 0 aliphatic rings. The number of nitrogens with two attached hydrogens (primary N) is 2. The lowest BCUT2D eigenvalue weighted by Crippen LogP contribution is -2.44. The van der Waals surface area contributed by atoms with Crippen LogP contribution in [0.15, 0.2) is 36.5 Å². The summed E-state index contributed by atoms with van der Waals surface area (Å²) in [6.07, 6.45) is 1.75. The zero-order valence-electron chi connectivity index (χ0n) is 7.07. The van der Waals surface area contributed by atoms with Crippen molar-refractivity contribution >= 4 is 5.95 Å². The Labute approximate surface area is 75.8 Å². The number of nitrogens with one attached hydrogen (secondary N) is 1. The fraction of sp³-hybridized carbons (Fsp3) is 0. The third-order valence-corrected chi connectivity index (χ3v) is 1.89. The van der Waals surface area contributed by atoms with Crippen molar-refractivity contribution in [3.05, 3.63) is 36.5 Å². The third kappa shape index (κ3) is 1.33. The Bertz CT molecular complexity index is 385. The van der Waals surface area contributed by atoms with Gasteiger partial charge in [-0.05, 0) is 0 Å². The summed E-state index contributed by atoms with van der Waals surface area (Å²) in [5, 5.41) is 0. The molecule has 5 N–H and O–H groups in total. The van der Waals surface area contributed by atoms with Crippen LogP contribution in [0.25, 0.3) is 11.3 Å². The first-order chi connectivity index (χ1) is 6.27. The summed E-state index contributed by atoms with van der Waals surface area (Å²) < 4.78 is 1.36. The lowest BCUT2D eigenvalue weighted by Gasteiger charge is -1.90. The summed E-state index contributed by atoms with van der Waals surface area (Å²) in [5.74, 6) is 5.98.